The van der Waals surface area contributed by atoms with E-state index >= 15 is 0 Å². The summed E-state index contributed by atoms with van der Waals surface area (Å²) in [6.45, 7) is 13.8. The number of aromatic nitrogens is 2. The SMILES string of the molecule is CC[C@@H](NC(=O)OC(C)(C)C)C(=O)Nc1cnc(Oc2ccc(C)c3c2C(C)(C)CO3)nc1. The average Bonchev–Trinajstić information content (AvgIpc) is 3.04. The highest BCUT2D eigenvalue weighted by atomic mass is 16.6. The van der Waals surface area contributed by atoms with Crippen LogP contribution in [0.2, 0.25) is 0 Å². The third-order valence-corrected chi connectivity index (χ3v) is 5.08. The molecule has 1 atom stereocenters. The van der Waals surface area contributed by atoms with E-state index in [0.717, 1.165) is 16.9 Å². The van der Waals surface area contributed by atoms with Gasteiger partial charge in [0.15, 0.2) is 0 Å². The first-order valence-electron chi connectivity index (χ1n) is 11.0. The Hall–Kier alpha value is -3.36. The van der Waals surface area contributed by atoms with Crippen molar-refractivity contribution in [2.45, 2.75) is 71.9 Å². The van der Waals surface area contributed by atoms with Crippen LogP contribution in [0, 0.1) is 6.92 Å². The molecule has 0 spiro atoms. The van der Waals surface area contributed by atoms with Crippen molar-refractivity contribution in [2.75, 3.05) is 11.9 Å². The molecule has 0 aliphatic carbocycles. The smallest absolute Gasteiger partial charge is 0.408 e. The fraction of sp³-hybridized carbons (Fsp3) is 0.500. The van der Waals surface area contributed by atoms with Crippen molar-refractivity contribution in [1.29, 1.82) is 0 Å². The molecule has 0 saturated carbocycles. The van der Waals surface area contributed by atoms with Gasteiger partial charge in [-0.05, 0) is 45.7 Å². The van der Waals surface area contributed by atoms with E-state index in [1.807, 2.05) is 19.1 Å². The Morgan fingerprint density at radius 1 is 1.21 bits per heavy atom. The number of alkyl carbamates (subject to hydrolysis) is 1. The number of nitrogens with one attached hydrogen (secondary N) is 2. The average molecular weight is 457 g/mol. The Morgan fingerprint density at radius 2 is 1.88 bits per heavy atom. The Morgan fingerprint density at radius 3 is 2.48 bits per heavy atom. The molecule has 1 aliphatic heterocycles. The van der Waals surface area contributed by atoms with Gasteiger partial charge in [0.25, 0.3) is 0 Å². The Bertz CT molecular complexity index is 1030. The zero-order valence-corrected chi connectivity index (χ0v) is 20.2. The Kier molecular flexibility index (Phi) is 6.81. The van der Waals surface area contributed by atoms with Crippen LogP contribution in [0.5, 0.6) is 17.5 Å². The fourth-order valence-electron chi connectivity index (χ4n) is 3.47. The lowest BCUT2D eigenvalue weighted by atomic mass is 9.85. The Labute approximate surface area is 194 Å². The van der Waals surface area contributed by atoms with Gasteiger partial charge < -0.3 is 24.8 Å². The summed E-state index contributed by atoms with van der Waals surface area (Å²) in [5.74, 6) is 1.09. The lowest BCUT2D eigenvalue weighted by Gasteiger charge is -2.22. The number of carbonyl (C=O) groups excluding carboxylic acids is 2. The van der Waals surface area contributed by atoms with E-state index in [2.05, 4.69) is 34.4 Å². The first-order valence-corrected chi connectivity index (χ1v) is 11.0. The number of nitrogens with zero attached hydrogens (tertiary/aromatic N) is 2. The molecular weight excluding hydrogens is 424 g/mol. The van der Waals surface area contributed by atoms with Gasteiger partial charge in [-0.2, -0.15) is 0 Å². The van der Waals surface area contributed by atoms with Gasteiger partial charge in [-0.3, -0.25) is 4.79 Å². The molecule has 2 heterocycles. The Balaban J connectivity index is 1.66. The topological polar surface area (TPSA) is 112 Å². The maximum atomic E-state index is 12.6. The monoisotopic (exact) mass is 456 g/mol. The lowest BCUT2D eigenvalue weighted by Crippen LogP contribution is -2.45. The molecule has 2 N–H and O–H groups in total. The molecule has 33 heavy (non-hydrogen) atoms. The molecule has 0 saturated heterocycles. The predicted octanol–water partition coefficient (Wildman–Crippen LogP) is 4.49. The number of carbonyl (C=O) groups is 2. The molecule has 0 bridgehead atoms. The standard InChI is InChI=1S/C24H32N4O5/c1-8-16(28-22(30)33-23(3,4)5)20(29)27-15-11-25-21(26-12-15)32-17-10-9-14(2)19-18(17)24(6,7)13-31-19/h9-12,16H,8,13H2,1-7H3,(H,27,29)(H,28,30)/t16-/m1/s1. The zero-order chi connectivity index (χ0) is 24.4. The molecule has 178 valence electrons. The minimum atomic E-state index is -0.756. The molecule has 3 rings (SSSR count). The van der Waals surface area contributed by atoms with E-state index in [1.54, 1.807) is 27.7 Å². The van der Waals surface area contributed by atoms with Gasteiger partial charge in [-0.15, -0.1) is 0 Å². The lowest BCUT2D eigenvalue weighted by molar-refractivity contribution is -0.118. The van der Waals surface area contributed by atoms with Crippen molar-refractivity contribution in [1.82, 2.24) is 15.3 Å². The van der Waals surface area contributed by atoms with E-state index in [0.29, 0.717) is 24.5 Å². The van der Waals surface area contributed by atoms with Gasteiger partial charge in [0, 0.05) is 11.0 Å². The molecule has 0 unspecified atom stereocenters. The van der Waals surface area contributed by atoms with Crippen molar-refractivity contribution >= 4 is 17.7 Å². The first-order chi connectivity index (χ1) is 15.4. The molecule has 1 aromatic carbocycles. The highest BCUT2D eigenvalue weighted by molar-refractivity contribution is 5.96. The largest absolute Gasteiger partial charge is 0.492 e. The minimum absolute atomic E-state index is 0.153. The maximum absolute atomic E-state index is 12.6. The molecule has 2 aromatic rings. The van der Waals surface area contributed by atoms with Gasteiger partial charge in [-0.1, -0.05) is 26.8 Å². The summed E-state index contributed by atoms with van der Waals surface area (Å²) in [6, 6.07) is 3.22. The fourth-order valence-corrected chi connectivity index (χ4v) is 3.47. The third-order valence-electron chi connectivity index (χ3n) is 5.08. The van der Waals surface area contributed by atoms with Crippen molar-refractivity contribution in [2.24, 2.45) is 0 Å². The van der Waals surface area contributed by atoms with Gasteiger partial charge >= 0.3 is 12.1 Å². The number of anilines is 1. The minimum Gasteiger partial charge on any atom is -0.492 e. The summed E-state index contributed by atoms with van der Waals surface area (Å²) < 4.78 is 17.0. The number of hydrogen-bond donors (Lipinski definition) is 2. The van der Waals surface area contributed by atoms with E-state index < -0.39 is 23.6 Å². The van der Waals surface area contributed by atoms with E-state index in [-0.39, 0.29) is 11.4 Å². The van der Waals surface area contributed by atoms with Crippen molar-refractivity contribution in [3.8, 4) is 17.5 Å². The zero-order valence-electron chi connectivity index (χ0n) is 20.2. The second-order valence-corrected chi connectivity index (χ2v) is 9.71. The predicted molar refractivity (Wildman–Crippen MR) is 124 cm³/mol. The quantitative estimate of drug-likeness (QED) is 0.659. The van der Waals surface area contributed by atoms with Crippen LogP contribution in [0.25, 0.3) is 0 Å². The summed E-state index contributed by atoms with van der Waals surface area (Å²) in [5, 5.41) is 5.28. The summed E-state index contributed by atoms with van der Waals surface area (Å²) in [7, 11) is 0. The number of ether oxygens (including phenoxy) is 3. The molecule has 1 aliphatic rings. The van der Waals surface area contributed by atoms with Crippen LogP contribution in [0.1, 0.15) is 59.1 Å². The van der Waals surface area contributed by atoms with Gasteiger partial charge in [0.05, 0.1) is 24.7 Å². The van der Waals surface area contributed by atoms with Crippen LogP contribution in [0.15, 0.2) is 24.5 Å². The van der Waals surface area contributed by atoms with Crippen LogP contribution in [-0.2, 0) is 14.9 Å². The molecule has 0 radical (unpaired) electrons. The number of hydrogen-bond acceptors (Lipinski definition) is 7. The van der Waals surface area contributed by atoms with Gasteiger partial charge in [0.2, 0.25) is 5.91 Å². The molecule has 2 amide bonds. The molecular formula is C24H32N4O5. The normalized spacial score (nSPS) is 15.1. The number of amides is 2. The van der Waals surface area contributed by atoms with Crippen LogP contribution in [-0.4, -0.2) is 40.2 Å². The molecule has 9 nitrogen and oxygen atoms in total. The van der Waals surface area contributed by atoms with Crippen LogP contribution < -0.4 is 20.1 Å². The van der Waals surface area contributed by atoms with E-state index in [4.69, 9.17) is 14.2 Å². The van der Waals surface area contributed by atoms with Crippen LogP contribution in [0.3, 0.4) is 0 Å². The summed E-state index contributed by atoms with van der Waals surface area (Å²) in [5.41, 5.74) is 1.58. The second-order valence-electron chi connectivity index (χ2n) is 9.71. The summed E-state index contributed by atoms with van der Waals surface area (Å²) in [4.78, 5) is 33.0. The highest BCUT2D eigenvalue weighted by Gasteiger charge is 2.36. The van der Waals surface area contributed by atoms with E-state index in [1.165, 1.54) is 12.4 Å². The second kappa shape index (κ2) is 9.25. The third kappa shape index (κ3) is 5.91. The number of rotatable bonds is 6. The van der Waals surface area contributed by atoms with E-state index in [9.17, 15) is 9.59 Å². The van der Waals surface area contributed by atoms with Gasteiger partial charge in [0.1, 0.15) is 23.1 Å². The maximum Gasteiger partial charge on any atom is 0.408 e. The van der Waals surface area contributed by atoms with Crippen molar-refractivity contribution < 1.29 is 23.8 Å². The molecule has 9 heteroatoms. The number of fused-ring (bicyclic) bond motifs is 1. The number of benzene rings is 1. The van der Waals surface area contributed by atoms with Crippen LogP contribution >= 0.6 is 0 Å². The van der Waals surface area contributed by atoms with Crippen molar-refractivity contribution in [3.63, 3.8) is 0 Å². The van der Waals surface area contributed by atoms with Crippen molar-refractivity contribution in [3.05, 3.63) is 35.7 Å². The highest BCUT2D eigenvalue weighted by Crippen LogP contribution is 2.46. The molecule has 0 fully saturated rings. The number of aryl methyl sites for hydroxylation is 1. The first kappa shape index (κ1) is 24.3. The van der Waals surface area contributed by atoms with Crippen LogP contribution in [0.4, 0.5) is 10.5 Å². The summed E-state index contributed by atoms with van der Waals surface area (Å²) >= 11 is 0. The van der Waals surface area contributed by atoms with Gasteiger partial charge in [-0.25, -0.2) is 14.8 Å². The molecule has 1 aromatic heterocycles. The summed E-state index contributed by atoms with van der Waals surface area (Å²) in [6.07, 6.45) is 2.65.